The number of nitrogens with two attached hydrogens (primary N) is 1. The highest BCUT2D eigenvalue weighted by Crippen LogP contribution is 2.56. The van der Waals surface area contributed by atoms with Crippen molar-refractivity contribution in [1.29, 1.82) is 0 Å². The minimum absolute atomic E-state index is 0.135. The first-order valence-electron chi connectivity index (χ1n) is 12.3. The first kappa shape index (κ1) is 30.8. The van der Waals surface area contributed by atoms with Gasteiger partial charge in [-0.15, -0.1) is 0 Å². The second kappa shape index (κ2) is 10.0. The van der Waals surface area contributed by atoms with E-state index in [0.717, 1.165) is 0 Å². The summed E-state index contributed by atoms with van der Waals surface area (Å²) < 4.78 is 0. The van der Waals surface area contributed by atoms with Crippen LogP contribution >= 0.6 is 0 Å². The third-order valence-corrected chi connectivity index (χ3v) is 8.00. The Labute approximate surface area is 229 Å². The number of carbonyl (C=O) groups excluding carboxylic acids is 3. The molecular weight excluding hydrogens is 528 g/mol. The Hall–Kier alpha value is -3.78. The summed E-state index contributed by atoms with van der Waals surface area (Å²) in [5.74, 6) is -8.86. The van der Waals surface area contributed by atoms with E-state index in [2.05, 4.69) is 0 Å². The lowest BCUT2D eigenvalue weighted by atomic mass is 9.55. The largest absolute Gasteiger partial charge is 0.510 e. The van der Waals surface area contributed by atoms with Crippen LogP contribution in [0, 0.1) is 17.3 Å². The molecule has 9 N–H and O–H groups in total. The second-order valence-electron chi connectivity index (χ2n) is 11.3. The molecule has 5 atom stereocenters. The van der Waals surface area contributed by atoms with E-state index in [1.54, 1.807) is 0 Å². The SMILES string of the molecule is CC(C)(CO)C(=O)O.CN(C)[C@@H]1C(O)=C(C(N)=O)C(=O)[C@@]2(O)C(O)=C3C(=O)c4c(O)cccc4[C@@](C)(O)[C@H]3C[C@@H]12. The van der Waals surface area contributed by atoms with E-state index in [1.165, 1.54) is 58.0 Å². The number of carbonyl (C=O) groups is 4. The van der Waals surface area contributed by atoms with Gasteiger partial charge in [0.05, 0.1) is 29.2 Å². The summed E-state index contributed by atoms with van der Waals surface area (Å²) in [6.07, 6.45) is -0.200. The predicted octanol–water partition coefficient (Wildman–Crippen LogP) is -0.125. The zero-order valence-corrected chi connectivity index (χ0v) is 22.7. The zero-order valence-electron chi connectivity index (χ0n) is 22.7. The van der Waals surface area contributed by atoms with Crippen molar-refractivity contribution in [2.75, 3.05) is 20.7 Å². The molecule has 0 aliphatic heterocycles. The number of carboxylic acid groups (broad SMARTS) is 1. The van der Waals surface area contributed by atoms with Crippen LogP contribution < -0.4 is 5.73 Å². The van der Waals surface area contributed by atoms with Crippen molar-refractivity contribution in [2.45, 2.75) is 44.4 Å². The van der Waals surface area contributed by atoms with Crippen molar-refractivity contribution in [3.05, 3.63) is 52.0 Å². The monoisotopic (exact) mass is 562 g/mol. The van der Waals surface area contributed by atoms with Crippen LogP contribution in [0.1, 0.15) is 43.1 Å². The summed E-state index contributed by atoms with van der Waals surface area (Å²) in [6.45, 7) is 4.02. The molecule has 0 saturated heterocycles. The van der Waals surface area contributed by atoms with Crippen molar-refractivity contribution in [1.82, 2.24) is 4.90 Å². The number of Topliss-reactive ketones (excluding diaryl/α,β-unsaturated/α-hetero) is 2. The van der Waals surface area contributed by atoms with Crippen molar-refractivity contribution in [2.24, 2.45) is 23.0 Å². The fourth-order valence-electron chi connectivity index (χ4n) is 5.58. The number of aliphatic hydroxyl groups is 5. The van der Waals surface area contributed by atoms with Gasteiger partial charge in [0.2, 0.25) is 5.78 Å². The van der Waals surface area contributed by atoms with Crippen LogP contribution in [-0.4, -0.2) is 96.4 Å². The fourth-order valence-corrected chi connectivity index (χ4v) is 5.58. The minimum atomic E-state index is -2.75. The third kappa shape index (κ3) is 4.35. The molecule has 1 amide bonds. The van der Waals surface area contributed by atoms with Crippen LogP contribution in [0.5, 0.6) is 5.75 Å². The lowest BCUT2D eigenvalue weighted by molar-refractivity contribution is -0.152. The van der Waals surface area contributed by atoms with Crippen molar-refractivity contribution < 1.29 is 54.9 Å². The van der Waals surface area contributed by atoms with Crippen LogP contribution in [0.2, 0.25) is 0 Å². The molecule has 0 heterocycles. The number of amides is 1. The van der Waals surface area contributed by atoms with Crippen LogP contribution in [0.25, 0.3) is 0 Å². The Bertz CT molecular complexity index is 1360. The number of aliphatic carboxylic acids is 1. The van der Waals surface area contributed by atoms with E-state index in [4.69, 9.17) is 15.9 Å². The number of fused-ring (bicyclic) bond motifs is 3. The van der Waals surface area contributed by atoms with Crippen molar-refractivity contribution >= 4 is 23.4 Å². The van der Waals surface area contributed by atoms with Crippen LogP contribution in [0.3, 0.4) is 0 Å². The van der Waals surface area contributed by atoms with Gasteiger partial charge >= 0.3 is 5.97 Å². The Morgan fingerprint density at radius 2 is 1.70 bits per heavy atom. The highest BCUT2D eigenvalue weighted by atomic mass is 16.4. The Kier molecular flexibility index (Phi) is 7.69. The average Bonchev–Trinajstić information content (AvgIpc) is 2.84. The van der Waals surface area contributed by atoms with E-state index < -0.39 is 86.4 Å². The number of hydrogen-bond acceptors (Lipinski definition) is 11. The van der Waals surface area contributed by atoms with Crippen LogP contribution in [0.15, 0.2) is 40.9 Å². The maximum atomic E-state index is 13.3. The Morgan fingerprint density at radius 1 is 1.12 bits per heavy atom. The van der Waals surface area contributed by atoms with Crippen LogP contribution in [0.4, 0.5) is 0 Å². The summed E-state index contributed by atoms with van der Waals surface area (Å²) in [5, 5.41) is 71.7. The molecule has 3 aliphatic carbocycles. The molecule has 13 nitrogen and oxygen atoms in total. The molecule has 1 aromatic carbocycles. The molecule has 40 heavy (non-hydrogen) atoms. The van der Waals surface area contributed by atoms with Gasteiger partial charge in [-0.3, -0.25) is 24.1 Å². The Morgan fingerprint density at radius 3 is 2.15 bits per heavy atom. The summed E-state index contributed by atoms with van der Waals surface area (Å²) in [5.41, 5.74) is -1.64. The quantitative estimate of drug-likeness (QED) is 0.224. The van der Waals surface area contributed by atoms with E-state index in [1.807, 2.05) is 0 Å². The van der Waals surface area contributed by atoms with Gasteiger partial charge in [-0.1, -0.05) is 12.1 Å². The number of nitrogens with zero attached hydrogens (tertiary/aromatic N) is 1. The number of carboxylic acids is 1. The zero-order chi connectivity index (χ0) is 30.7. The molecular formula is C27H34N2O11. The number of phenols is 1. The fraction of sp³-hybridized carbons (Fsp3) is 0.481. The number of hydrogen-bond donors (Lipinski definition) is 8. The average molecular weight is 563 g/mol. The number of rotatable bonds is 4. The van der Waals surface area contributed by atoms with Crippen LogP contribution in [-0.2, 0) is 20.0 Å². The number of likely N-dealkylation sites (N-methyl/N-ethyl adjacent to an activating group) is 1. The normalized spacial score (nSPS) is 29.8. The number of aliphatic hydroxyl groups excluding tert-OH is 3. The van der Waals surface area contributed by atoms with E-state index in [-0.39, 0.29) is 24.2 Å². The highest BCUT2D eigenvalue weighted by Gasteiger charge is 2.65. The lowest BCUT2D eigenvalue weighted by Gasteiger charge is -2.52. The number of ketones is 2. The Balaban J connectivity index is 0.000000482. The summed E-state index contributed by atoms with van der Waals surface area (Å²) >= 11 is 0. The molecule has 0 saturated carbocycles. The van der Waals surface area contributed by atoms with Gasteiger partial charge in [0.15, 0.2) is 11.4 Å². The lowest BCUT2D eigenvalue weighted by Crippen LogP contribution is -2.65. The summed E-state index contributed by atoms with van der Waals surface area (Å²) in [7, 11) is 3.06. The van der Waals surface area contributed by atoms with Gasteiger partial charge in [-0.25, -0.2) is 0 Å². The van der Waals surface area contributed by atoms with E-state index in [9.17, 15) is 44.7 Å². The first-order chi connectivity index (χ1) is 18.3. The molecule has 0 fully saturated rings. The topological polar surface area (TPSA) is 239 Å². The maximum Gasteiger partial charge on any atom is 0.311 e. The molecule has 0 spiro atoms. The van der Waals surface area contributed by atoms with Crippen molar-refractivity contribution in [3.63, 3.8) is 0 Å². The van der Waals surface area contributed by atoms with E-state index in [0.29, 0.717) is 0 Å². The standard InChI is InChI=1S/C22H24N2O8.C5H10O3/c1-21(31)8-5-4-6-11(25)12(8)16(26)13-9(21)7-10-15(24(2)3)17(27)14(20(23)30)19(29)22(10,32)18(13)28;1-5(2,3-6)4(7)8/h4-6,9-10,15,25,27-28,31-32H,7H2,1-3H3,(H2,23,30);6H,3H2,1-2H3,(H,7,8)/t9-,10-,15-,21+,22-;/m0./s1. The minimum Gasteiger partial charge on any atom is -0.510 e. The predicted molar refractivity (Wildman–Crippen MR) is 138 cm³/mol. The molecule has 0 bridgehead atoms. The summed E-state index contributed by atoms with van der Waals surface area (Å²) in [6, 6.07) is 3.05. The van der Waals surface area contributed by atoms with Gasteiger partial charge in [0.1, 0.15) is 22.8 Å². The molecule has 0 aromatic heterocycles. The molecule has 0 radical (unpaired) electrons. The number of primary amides is 1. The molecule has 218 valence electrons. The van der Waals surface area contributed by atoms with Gasteiger partial charge < -0.3 is 41.5 Å². The maximum absolute atomic E-state index is 13.3. The molecule has 1 aromatic rings. The van der Waals surface area contributed by atoms with Gasteiger partial charge in [0, 0.05) is 17.4 Å². The second-order valence-corrected chi connectivity index (χ2v) is 11.3. The highest BCUT2D eigenvalue weighted by molar-refractivity contribution is 6.24. The smallest absolute Gasteiger partial charge is 0.311 e. The van der Waals surface area contributed by atoms with E-state index >= 15 is 0 Å². The molecule has 4 rings (SSSR count). The summed E-state index contributed by atoms with van der Waals surface area (Å²) in [4.78, 5) is 50.0. The number of phenolic OH excluding ortho intramolecular Hbond substituents is 1. The van der Waals surface area contributed by atoms with Gasteiger partial charge in [0.25, 0.3) is 5.91 Å². The number of aromatic hydroxyl groups is 1. The van der Waals surface area contributed by atoms with Gasteiger partial charge in [-0.05, 0) is 52.9 Å². The first-order valence-corrected chi connectivity index (χ1v) is 12.3. The third-order valence-electron chi connectivity index (χ3n) is 8.00. The molecule has 0 unspecified atom stereocenters. The number of benzene rings is 1. The van der Waals surface area contributed by atoms with Crippen molar-refractivity contribution in [3.8, 4) is 5.75 Å². The van der Waals surface area contributed by atoms with Gasteiger partial charge in [-0.2, -0.15) is 0 Å². The molecule has 13 heteroatoms. The molecule has 3 aliphatic rings.